The average molecular weight is 266 g/mol. The van der Waals surface area contributed by atoms with E-state index < -0.39 is 23.3 Å². The summed E-state index contributed by atoms with van der Waals surface area (Å²) in [7, 11) is 2.51. The van der Waals surface area contributed by atoms with Crippen LogP contribution < -0.4 is 0 Å². The van der Waals surface area contributed by atoms with Crippen LogP contribution in [0.3, 0.4) is 0 Å². The molecule has 0 radical (unpaired) electrons. The molecule has 0 aromatic rings. The topological polar surface area (TPSA) is 69.7 Å². The van der Waals surface area contributed by atoms with Gasteiger partial charge in [-0.05, 0) is 31.8 Å². The van der Waals surface area contributed by atoms with Gasteiger partial charge in [-0.15, -0.1) is 0 Å². The molecule has 0 aliphatic heterocycles. The number of carbonyl (C=O) groups is 3. The maximum absolute atomic E-state index is 12.2. The molecule has 1 unspecified atom stereocenters. The first-order valence-electron chi connectivity index (χ1n) is 6.38. The Morgan fingerprint density at radius 1 is 1.21 bits per heavy atom. The van der Waals surface area contributed by atoms with Crippen LogP contribution in [-0.2, 0) is 23.9 Å². The van der Waals surface area contributed by atoms with E-state index in [4.69, 9.17) is 9.47 Å². The van der Waals surface area contributed by atoms with Gasteiger partial charge in [0.2, 0.25) is 0 Å². The van der Waals surface area contributed by atoms with E-state index in [-0.39, 0.29) is 12.2 Å². The molecule has 0 heterocycles. The monoisotopic (exact) mass is 266 g/mol. The van der Waals surface area contributed by atoms with E-state index in [1.807, 2.05) is 0 Å². The SMILES string of the molecule is COC(=O)C1(C(=O)OC)CC(C)=C2C(=O)CCCC21. The summed E-state index contributed by atoms with van der Waals surface area (Å²) in [6, 6.07) is 0. The normalized spacial score (nSPS) is 25.0. The predicted octanol–water partition coefficient (Wildman–Crippen LogP) is 1.41. The summed E-state index contributed by atoms with van der Waals surface area (Å²) in [5, 5.41) is 0. The van der Waals surface area contributed by atoms with E-state index in [2.05, 4.69) is 0 Å². The molecule has 1 fully saturated rings. The van der Waals surface area contributed by atoms with Crippen LogP contribution in [0.1, 0.15) is 32.6 Å². The van der Waals surface area contributed by atoms with Crippen LogP contribution in [0.5, 0.6) is 0 Å². The summed E-state index contributed by atoms with van der Waals surface area (Å²) in [6.07, 6.45) is 2.04. The van der Waals surface area contributed by atoms with Crippen LogP contribution in [0.15, 0.2) is 11.1 Å². The fraction of sp³-hybridized carbons (Fsp3) is 0.643. The van der Waals surface area contributed by atoms with Gasteiger partial charge in [0.25, 0.3) is 0 Å². The van der Waals surface area contributed by atoms with Crippen molar-refractivity contribution in [2.45, 2.75) is 32.6 Å². The lowest BCUT2D eigenvalue weighted by atomic mass is 9.69. The van der Waals surface area contributed by atoms with Gasteiger partial charge in [-0.25, -0.2) is 0 Å². The highest BCUT2D eigenvalue weighted by Gasteiger charge is 2.60. The number of ketones is 1. The van der Waals surface area contributed by atoms with Gasteiger partial charge in [-0.1, -0.05) is 5.57 Å². The zero-order valence-electron chi connectivity index (χ0n) is 11.4. The lowest BCUT2D eigenvalue weighted by Crippen LogP contribution is -2.46. The lowest BCUT2D eigenvalue weighted by Gasteiger charge is -2.33. The molecule has 5 heteroatoms. The van der Waals surface area contributed by atoms with E-state index in [9.17, 15) is 14.4 Å². The van der Waals surface area contributed by atoms with Gasteiger partial charge in [0.15, 0.2) is 11.2 Å². The first-order valence-corrected chi connectivity index (χ1v) is 6.38. The molecule has 0 aromatic carbocycles. The van der Waals surface area contributed by atoms with Gasteiger partial charge in [-0.3, -0.25) is 14.4 Å². The summed E-state index contributed by atoms with van der Waals surface area (Å²) >= 11 is 0. The van der Waals surface area contributed by atoms with Crippen molar-refractivity contribution < 1.29 is 23.9 Å². The number of methoxy groups -OCH3 is 2. The largest absolute Gasteiger partial charge is 0.468 e. The maximum atomic E-state index is 12.2. The van der Waals surface area contributed by atoms with Crippen molar-refractivity contribution >= 4 is 17.7 Å². The van der Waals surface area contributed by atoms with Crippen LogP contribution in [0.25, 0.3) is 0 Å². The molecule has 19 heavy (non-hydrogen) atoms. The first kappa shape index (κ1) is 13.8. The first-order chi connectivity index (χ1) is 8.98. The van der Waals surface area contributed by atoms with Crippen molar-refractivity contribution in [1.29, 1.82) is 0 Å². The Bertz CT molecular complexity index is 458. The van der Waals surface area contributed by atoms with Crippen molar-refractivity contribution in [3.63, 3.8) is 0 Å². The van der Waals surface area contributed by atoms with Crippen LogP contribution in [0, 0.1) is 11.3 Å². The molecule has 0 N–H and O–H groups in total. The smallest absolute Gasteiger partial charge is 0.324 e. The Balaban J connectivity index is 2.51. The molecule has 1 saturated carbocycles. The minimum atomic E-state index is -1.36. The van der Waals surface area contributed by atoms with Crippen molar-refractivity contribution in [1.82, 2.24) is 0 Å². The summed E-state index contributed by atoms with van der Waals surface area (Å²) in [5.74, 6) is -1.56. The zero-order valence-corrected chi connectivity index (χ0v) is 11.4. The molecule has 1 atom stereocenters. The van der Waals surface area contributed by atoms with E-state index in [0.29, 0.717) is 24.8 Å². The van der Waals surface area contributed by atoms with Crippen LogP contribution in [0.2, 0.25) is 0 Å². The molecular weight excluding hydrogens is 248 g/mol. The third-order valence-corrected chi connectivity index (χ3v) is 4.24. The summed E-state index contributed by atoms with van der Waals surface area (Å²) in [5.41, 5.74) is 0.0893. The quantitative estimate of drug-likeness (QED) is 0.558. The van der Waals surface area contributed by atoms with Crippen LogP contribution in [-0.4, -0.2) is 31.9 Å². The van der Waals surface area contributed by atoms with Gasteiger partial charge in [0.1, 0.15) is 0 Å². The number of fused-ring (bicyclic) bond motifs is 1. The highest BCUT2D eigenvalue weighted by Crippen LogP contribution is 2.53. The number of esters is 2. The van der Waals surface area contributed by atoms with Gasteiger partial charge < -0.3 is 9.47 Å². The number of hydrogen-bond acceptors (Lipinski definition) is 5. The van der Waals surface area contributed by atoms with Crippen molar-refractivity contribution in [3.05, 3.63) is 11.1 Å². The van der Waals surface area contributed by atoms with E-state index in [0.717, 1.165) is 5.57 Å². The van der Waals surface area contributed by atoms with E-state index in [1.54, 1.807) is 6.92 Å². The van der Waals surface area contributed by atoms with Gasteiger partial charge in [-0.2, -0.15) is 0 Å². The Morgan fingerprint density at radius 3 is 2.32 bits per heavy atom. The highest BCUT2D eigenvalue weighted by molar-refractivity contribution is 6.07. The predicted molar refractivity (Wildman–Crippen MR) is 66.1 cm³/mol. The molecule has 0 aromatic heterocycles. The molecule has 5 nitrogen and oxygen atoms in total. The number of ether oxygens (including phenoxy) is 2. The van der Waals surface area contributed by atoms with Crippen molar-refractivity contribution in [3.8, 4) is 0 Å². The molecule has 2 aliphatic carbocycles. The van der Waals surface area contributed by atoms with Crippen LogP contribution in [0.4, 0.5) is 0 Å². The standard InChI is InChI=1S/C14H18O5/c1-8-7-14(12(16)18-2,13(17)19-3)9-5-4-6-10(15)11(8)9/h9H,4-7H2,1-3H3. The Hall–Kier alpha value is -1.65. The maximum Gasteiger partial charge on any atom is 0.324 e. The summed E-state index contributed by atoms with van der Waals surface area (Å²) < 4.78 is 9.63. The number of allylic oxidation sites excluding steroid dienone is 2. The van der Waals surface area contributed by atoms with Crippen molar-refractivity contribution in [2.24, 2.45) is 11.3 Å². The van der Waals surface area contributed by atoms with E-state index >= 15 is 0 Å². The Kier molecular flexibility index (Phi) is 3.47. The second-order valence-corrected chi connectivity index (χ2v) is 5.19. The number of hydrogen-bond donors (Lipinski definition) is 0. The molecular formula is C14H18O5. The zero-order chi connectivity index (χ0) is 14.2. The minimum absolute atomic E-state index is 0.0448. The molecule has 104 valence electrons. The molecule has 2 rings (SSSR count). The number of carbonyl (C=O) groups excluding carboxylic acids is 3. The molecule has 0 spiro atoms. The van der Waals surface area contributed by atoms with E-state index in [1.165, 1.54) is 14.2 Å². The fourth-order valence-electron chi connectivity index (χ4n) is 3.48. The third kappa shape index (κ3) is 1.79. The van der Waals surface area contributed by atoms with Gasteiger partial charge >= 0.3 is 11.9 Å². The summed E-state index contributed by atoms with van der Waals surface area (Å²) in [6.45, 7) is 1.80. The van der Waals surface area contributed by atoms with Crippen LogP contribution >= 0.6 is 0 Å². The lowest BCUT2D eigenvalue weighted by molar-refractivity contribution is -0.172. The number of rotatable bonds is 2. The molecule has 0 saturated heterocycles. The summed E-state index contributed by atoms with van der Waals surface area (Å²) in [4.78, 5) is 36.4. The molecule has 0 amide bonds. The third-order valence-electron chi connectivity index (χ3n) is 4.24. The second kappa shape index (κ2) is 4.79. The van der Waals surface area contributed by atoms with Gasteiger partial charge in [0, 0.05) is 12.3 Å². The second-order valence-electron chi connectivity index (χ2n) is 5.19. The minimum Gasteiger partial charge on any atom is -0.468 e. The Labute approximate surface area is 111 Å². The van der Waals surface area contributed by atoms with Gasteiger partial charge in [0.05, 0.1) is 14.2 Å². The Morgan fingerprint density at radius 2 is 1.79 bits per heavy atom. The average Bonchev–Trinajstić information content (AvgIpc) is 2.72. The molecule has 0 bridgehead atoms. The van der Waals surface area contributed by atoms with Crippen molar-refractivity contribution in [2.75, 3.05) is 14.2 Å². The fourth-order valence-corrected chi connectivity index (χ4v) is 3.48. The number of Topliss-reactive ketones (excluding diaryl/α,β-unsaturated/α-hetero) is 1. The highest BCUT2D eigenvalue weighted by atomic mass is 16.5. The molecule has 2 aliphatic rings.